The lowest BCUT2D eigenvalue weighted by molar-refractivity contribution is 0.149. The van der Waals surface area contributed by atoms with Crippen molar-refractivity contribution >= 4 is 0 Å². The summed E-state index contributed by atoms with van der Waals surface area (Å²) in [6, 6.07) is 2.17. The van der Waals surface area contributed by atoms with Crippen molar-refractivity contribution in [1.82, 2.24) is 10.3 Å². The molecule has 0 saturated carbocycles. The van der Waals surface area contributed by atoms with Gasteiger partial charge in [-0.25, -0.2) is 0 Å². The molecule has 2 heterocycles. The third-order valence-corrected chi connectivity index (χ3v) is 3.33. The quantitative estimate of drug-likeness (QED) is 0.416. The van der Waals surface area contributed by atoms with E-state index in [0.29, 0.717) is 6.04 Å². The molecule has 0 aromatic heterocycles. The highest BCUT2D eigenvalue weighted by molar-refractivity contribution is 4.95. The average molecular weight is 155 g/mol. The first-order valence-electron chi connectivity index (χ1n) is 4.49. The number of rotatable bonds is 1. The maximum atomic E-state index is 5.43. The molecule has 2 saturated heterocycles. The Morgan fingerprint density at radius 3 is 2.27 bits per heavy atom. The first-order chi connectivity index (χ1) is 5.31. The lowest BCUT2D eigenvalue weighted by Crippen LogP contribution is -2.49. The van der Waals surface area contributed by atoms with Crippen LogP contribution in [0.4, 0.5) is 0 Å². The zero-order valence-electron chi connectivity index (χ0n) is 7.09. The molecule has 0 aromatic carbocycles. The van der Waals surface area contributed by atoms with Gasteiger partial charge in [0.25, 0.3) is 0 Å². The van der Waals surface area contributed by atoms with Gasteiger partial charge in [0, 0.05) is 18.1 Å². The molecular weight excluding hydrogens is 138 g/mol. The van der Waals surface area contributed by atoms with Crippen LogP contribution in [0.3, 0.4) is 0 Å². The topological polar surface area (TPSA) is 41.3 Å². The van der Waals surface area contributed by atoms with Crippen molar-refractivity contribution in [1.29, 1.82) is 0 Å². The molecule has 1 unspecified atom stereocenters. The molecule has 0 aliphatic carbocycles. The van der Waals surface area contributed by atoms with E-state index in [9.17, 15) is 0 Å². The summed E-state index contributed by atoms with van der Waals surface area (Å²) in [6.45, 7) is 0. The Labute approximate surface area is 67.9 Å². The van der Waals surface area contributed by atoms with Crippen molar-refractivity contribution in [3.8, 4) is 0 Å². The van der Waals surface area contributed by atoms with Gasteiger partial charge in [-0.05, 0) is 32.7 Å². The number of hydrogen-bond acceptors (Lipinski definition) is 3. The SMILES string of the molecule is CN1[C@@H]2CC[C@H]1CC(NN)C2. The fourth-order valence-electron chi connectivity index (χ4n) is 2.55. The highest BCUT2D eigenvalue weighted by Gasteiger charge is 2.37. The van der Waals surface area contributed by atoms with Crippen LogP contribution < -0.4 is 11.3 Å². The molecule has 3 heteroatoms. The van der Waals surface area contributed by atoms with Crippen LogP contribution in [0.1, 0.15) is 25.7 Å². The van der Waals surface area contributed by atoms with Crippen molar-refractivity contribution in [3.63, 3.8) is 0 Å². The van der Waals surface area contributed by atoms with Gasteiger partial charge in [-0.3, -0.25) is 11.3 Å². The normalized spacial score (nSPS) is 44.7. The fraction of sp³-hybridized carbons (Fsp3) is 1.00. The minimum absolute atomic E-state index is 0.573. The predicted octanol–water partition coefficient (Wildman–Crippen LogP) is 0.0749. The standard InChI is InChI=1S/C8H17N3/c1-11-7-2-3-8(11)5-6(4-7)10-9/h6-8,10H,2-5,9H2,1H3/t6?,7-,8+. The summed E-state index contributed by atoms with van der Waals surface area (Å²) in [5.74, 6) is 5.43. The third kappa shape index (κ3) is 1.17. The van der Waals surface area contributed by atoms with Gasteiger partial charge in [0.15, 0.2) is 0 Å². The monoisotopic (exact) mass is 155 g/mol. The van der Waals surface area contributed by atoms with E-state index in [1.165, 1.54) is 25.7 Å². The van der Waals surface area contributed by atoms with Crippen LogP contribution in [-0.2, 0) is 0 Å². The summed E-state index contributed by atoms with van der Waals surface area (Å²) < 4.78 is 0. The Balaban J connectivity index is 2.02. The highest BCUT2D eigenvalue weighted by Crippen LogP contribution is 2.33. The van der Waals surface area contributed by atoms with E-state index in [-0.39, 0.29) is 0 Å². The van der Waals surface area contributed by atoms with Crippen LogP contribution in [0.2, 0.25) is 0 Å². The molecule has 64 valence electrons. The first-order valence-corrected chi connectivity index (χ1v) is 4.49. The first kappa shape index (κ1) is 7.53. The summed E-state index contributed by atoms with van der Waals surface area (Å²) >= 11 is 0. The summed E-state index contributed by atoms with van der Waals surface area (Å²) in [6.07, 6.45) is 5.23. The zero-order chi connectivity index (χ0) is 7.84. The number of nitrogens with two attached hydrogens (primary N) is 1. The van der Waals surface area contributed by atoms with Gasteiger partial charge in [-0.15, -0.1) is 0 Å². The Morgan fingerprint density at radius 1 is 1.27 bits per heavy atom. The second-order valence-corrected chi connectivity index (χ2v) is 3.89. The van der Waals surface area contributed by atoms with Crippen LogP contribution in [0.5, 0.6) is 0 Å². The molecule has 3 atom stereocenters. The van der Waals surface area contributed by atoms with Crippen LogP contribution in [0, 0.1) is 0 Å². The minimum atomic E-state index is 0.573. The second-order valence-electron chi connectivity index (χ2n) is 3.89. The van der Waals surface area contributed by atoms with E-state index >= 15 is 0 Å². The number of fused-ring (bicyclic) bond motifs is 2. The molecule has 0 spiro atoms. The minimum Gasteiger partial charge on any atom is -0.300 e. The van der Waals surface area contributed by atoms with Crippen molar-refractivity contribution in [3.05, 3.63) is 0 Å². The van der Waals surface area contributed by atoms with E-state index in [0.717, 1.165) is 12.1 Å². The highest BCUT2D eigenvalue weighted by atomic mass is 15.3. The molecule has 2 aliphatic heterocycles. The Kier molecular flexibility index (Phi) is 1.87. The van der Waals surface area contributed by atoms with E-state index in [1.807, 2.05) is 0 Å². The average Bonchev–Trinajstić information content (AvgIpc) is 2.26. The molecule has 2 fully saturated rings. The Morgan fingerprint density at radius 2 is 1.82 bits per heavy atom. The number of nitrogens with zero attached hydrogens (tertiary/aromatic N) is 1. The maximum absolute atomic E-state index is 5.43. The summed E-state index contributed by atoms with van der Waals surface area (Å²) in [7, 11) is 2.25. The molecule has 11 heavy (non-hydrogen) atoms. The van der Waals surface area contributed by atoms with Crippen LogP contribution >= 0.6 is 0 Å². The number of hydrogen-bond donors (Lipinski definition) is 2. The molecule has 0 amide bonds. The molecule has 2 aliphatic rings. The van der Waals surface area contributed by atoms with E-state index in [1.54, 1.807) is 0 Å². The van der Waals surface area contributed by atoms with Gasteiger partial charge in [0.2, 0.25) is 0 Å². The molecule has 2 bridgehead atoms. The molecule has 3 nitrogen and oxygen atoms in total. The molecule has 0 aromatic rings. The van der Waals surface area contributed by atoms with Gasteiger partial charge in [0.1, 0.15) is 0 Å². The molecule has 2 rings (SSSR count). The van der Waals surface area contributed by atoms with Gasteiger partial charge in [0.05, 0.1) is 0 Å². The largest absolute Gasteiger partial charge is 0.300 e. The number of nitrogens with one attached hydrogen (secondary N) is 1. The van der Waals surface area contributed by atoms with Crippen molar-refractivity contribution in [2.24, 2.45) is 5.84 Å². The van der Waals surface area contributed by atoms with Crippen LogP contribution in [0.15, 0.2) is 0 Å². The maximum Gasteiger partial charge on any atom is 0.0240 e. The summed E-state index contributed by atoms with van der Waals surface area (Å²) in [5, 5.41) is 0. The van der Waals surface area contributed by atoms with Crippen molar-refractivity contribution < 1.29 is 0 Å². The lowest BCUT2D eigenvalue weighted by atomic mass is 9.99. The van der Waals surface area contributed by atoms with Gasteiger partial charge in [-0.2, -0.15) is 0 Å². The summed E-state index contributed by atoms with van der Waals surface area (Å²) in [5.41, 5.74) is 2.90. The van der Waals surface area contributed by atoms with Crippen LogP contribution in [0.25, 0.3) is 0 Å². The van der Waals surface area contributed by atoms with Gasteiger partial charge >= 0.3 is 0 Å². The zero-order valence-corrected chi connectivity index (χ0v) is 7.09. The van der Waals surface area contributed by atoms with Crippen LogP contribution in [-0.4, -0.2) is 30.1 Å². The van der Waals surface area contributed by atoms with Gasteiger partial charge < -0.3 is 4.90 Å². The Hall–Kier alpha value is -0.120. The third-order valence-electron chi connectivity index (χ3n) is 3.33. The van der Waals surface area contributed by atoms with E-state index < -0.39 is 0 Å². The molecule has 3 N–H and O–H groups in total. The smallest absolute Gasteiger partial charge is 0.0240 e. The fourth-order valence-corrected chi connectivity index (χ4v) is 2.55. The molecule has 0 radical (unpaired) electrons. The number of hydrazine groups is 1. The lowest BCUT2D eigenvalue weighted by Gasteiger charge is -2.35. The molecular formula is C8H17N3. The van der Waals surface area contributed by atoms with E-state index in [4.69, 9.17) is 5.84 Å². The predicted molar refractivity (Wildman–Crippen MR) is 44.9 cm³/mol. The van der Waals surface area contributed by atoms with E-state index in [2.05, 4.69) is 17.4 Å². The number of piperidine rings is 1. The van der Waals surface area contributed by atoms with Gasteiger partial charge in [-0.1, -0.05) is 0 Å². The second kappa shape index (κ2) is 2.73. The Bertz CT molecular complexity index is 134. The summed E-state index contributed by atoms with van der Waals surface area (Å²) in [4.78, 5) is 2.52. The van der Waals surface area contributed by atoms with Crippen molar-refractivity contribution in [2.45, 2.75) is 43.8 Å². The van der Waals surface area contributed by atoms with Crippen molar-refractivity contribution in [2.75, 3.05) is 7.05 Å².